The van der Waals surface area contributed by atoms with Gasteiger partial charge in [-0.1, -0.05) is 30.3 Å². The fraction of sp³-hybridized carbons (Fsp3) is 0.545. The van der Waals surface area contributed by atoms with Gasteiger partial charge in [0.2, 0.25) is 0 Å². The molecule has 1 heterocycles. The molecule has 0 spiro atoms. The van der Waals surface area contributed by atoms with E-state index in [9.17, 15) is 19.2 Å². The molecule has 0 amide bonds. The molecule has 6 atom stereocenters. The van der Waals surface area contributed by atoms with Crippen molar-refractivity contribution in [1.82, 2.24) is 5.32 Å². The second-order valence-corrected chi connectivity index (χ2v) is 7.42. The minimum absolute atomic E-state index is 0.253. The summed E-state index contributed by atoms with van der Waals surface area (Å²) < 4.78 is 27.3. The average Bonchev–Trinajstić information content (AvgIpc) is 2.70. The van der Waals surface area contributed by atoms with E-state index in [0.717, 1.165) is 5.56 Å². The molecule has 0 aromatic heterocycles. The van der Waals surface area contributed by atoms with Crippen LogP contribution in [0.5, 0.6) is 0 Å². The zero-order valence-electron chi connectivity index (χ0n) is 18.7. The third kappa shape index (κ3) is 7.31. The number of benzene rings is 1. The van der Waals surface area contributed by atoms with Crippen molar-refractivity contribution in [2.75, 3.05) is 6.61 Å². The first-order valence-corrected chi connectivity index (χ1v) is 10.2. The third-order valence-electron chi connectivity index (χ3n) is 4.70. The van der Waals surface area contributed by atoms with Crippen molar-refractivity contribution in [1.29, 1.82) is 0 Å². The molecule has 176 valence electrons. The summed E-state index contributed by atoms with van der Waals surface area (Å²) in [6.45, 7) is 6.40. The molecular formula is C22H29NO9. The summed E-state index contributed by atoms with van der Waals surface area (Å²) >= 11 is 0. The Labute approximate surface area is 186 Å². The molecule has 1 aromatic carbocycles. The molecular weight excluding hydrogens is 422 g/mol. The molecule has 32 heavy (non-hydrogen) atoms. The largest absolute Gasteiger partial charge is 0.463 e. The van der Waals surface area contributed by atoms with Crippen LogP contribution in [0.1, 0.15) is 46.2 Å². The maximum atomic E-state index is 11.8. The molecule has 0 aliphatic carbocycles. The molecule has 0 bridgehead atoms. The smallest absolute Gasteiger partial charge is 0.303 e. The Hall–Kier alpha value is -2.98. The molecule has 1 fully saturated rings. The zero-order chi connectivity index (χ0) is 23.8. The molecule has 1 aliphatic rings. The summed E-state index contributed by atoms with van der Waals surface area (Å²) in [4.78, 5) is 46.8. The topological polar surface area (TPSA) is 126 Å². The summed E-state index contributed by atoms with van der Waals surface area (Å²) in [6, 6.07) is 9.19. The lowest BCUT2D eigenvalue weighted by molar-refractivity contribution is -0.258. The van der Waals surface area contributed by atoms with Crippen LogP contribution in [-0.4, -0.2) is 61.1 Å². The molecule has 1 N–H and O–H groups in total. The van der Waals surface area contributed by atoms with Gasteiger partial charge in [-0.2, -0.15) is 0 Å². The highest BCUT2D eigenvalue weighted by Gasteiger charge is 2.52. The van der Waals surface area contributed by atoms with Gasteiger partial charge in [0.05, 0.1) is 0 Å². The van der Waals surface area contributed by atoms with E-state index in [-0.39, 0.29) is 12.6 Å². The van der Waals surface area contributed by atoms with Crippen molar-refractivity contribution in [2.24, 2.45) is 0 Å². The molecule has 10 heteroatoms. The lowest BCUT2D eigenvalue weighted by atomic mass is 9.96. The van der Waals surface area contributed by atoms with Crippen LogP contribution in [0.25, 0.3) is 0 Å². The van der Waals surface area contributed by atoms with Gasteiger partial charge in [-0.05, 0) is 12.5 Å². The molecule has 2 rings (SSSR count). The van der Waals surface area contributed by atoms with E-state index in [0.29, 0.717) is 0 Å². The molecule has 1 aromatic rings. The number of hydrogen-bond acceptors (Lipinski definition) is 10. The Morgan fingerprint density at radius 1 is 0.844 bits per heavy atom. The minimum atomic E-state index is -1.20. The summed E-state index contributed by atoms with van der Waals surface area (Å²) in [5.74, 6) is -2.56. The molecule has 1 aliphatic heterocycles. The number of carbonyl (C=O) groups excluding carboxylic acids is 4. The van der Waals surface area contributed by atoms with Crippen LogP contribution in [0.3, 0.4) is 0 Å². The van der Waals surface area contributed by atoms with Crippen LogP contribution in [-0.2, 0) is 42.9 Å². The van der Waals surface area contributed by atoms with E-state index in [2.05, 4.69) is 5.32 Å². The number of rotatable bonds is 8. The van der Waals surface area contributed by atoms with Gasteiger partial charge in [0.25, 0.3) is 0 Å². The SMILES string of the molecule is CC(=O)OC[C@H]1O[C@@H](N[C@@H](C)c2ccccc2)[C@H](OC(C)=O)[C@@H](OC(C)=O)[C@@H]1OC(C)=O. The lowest BCUT2D eigenvalue weighted by Gasteiger charge is -2.45. The molecule has 1 saturated heterocycles. The van der Waals surface area contributed by atoms with Gasteiger partial charge in [-0.25, -0.2) is 0 Å². The van der Waals surface area contributed by atoms with Gasteiger partial charge < -0.3 is 23.7 Å². The van der Waals surface area contributed by atoms with Crippen LogP contribution < -0.4 is 5.32 Å². The summed E-state index contributed by atoms with van der Waals surface area (Å²) in [5, 5.41) is 3.21. The normalized spacial score (nSPS) is 25.8. The second-order valence-electron chi connectivity index (χ2n) is 7.42. The van der Waals surface area contributed by atoms with Gasteiger partial charge in [0, 0.05) is 33.7 Å². The van der Waals surface area contributed by atoms with Gasteiger partial charge in [0.15, 0.2) is 24.5 Å². The second kappa shape index (κ2) is 11.6. The number of hydrogen-bond donors (Lipinski definition) is 1. The zero-order valence-corrected chi connectivity index (χ0v) is 18.7. The van der Waals surface area contributed by atoms with E-state index in [1.807, 2.05) is 37.3 Å². The molecule has 0 unspecified atom stereocenters. The van der Waals surface area contributed by atoms with Gasteiger partial charge >= 0.3 is 23.9 Å². The van der Waals surface area contributed by atoms with Crippen LogP contribution in [0, 0.1) is 0 Å². The third-order valence-corrected chi connectivity index (χ3v) is 4.70. The highest BCUT2D eigenvalue weighted by Crippen LogP contribution is 2.29. The Bertz CT molecular complexity index is 813. The summed E-state index contributed by atoms with van der Waals surface area (Å²) in [5.41, 5.74) is 0.931. The first kappa shape index (κ1) is 25.3. The maximum Gasteiger partial charge on any atom is 0.303 e. The highest BCUT2D eigenvalue weighted by atomic mass is 16.7. The quantitative estimate of drug-likeness (QED) is 0.458. The monoisotopic (exact) mass is 451 g/mol. The summed E-state index contributed by atoms with van der Waals surface area (Å²) in [7, 11) is 0. The molecule has 10 nitrogen and oxygen atoms in total. The Balaban J connectivity index is 2.41. The van der Waals surface area contributed by atoms with Gasteiger partial charge in [-0.15, -0.1) is 0 Å². The van der Waals surface area contributed by atoms with Crippen LogP contribution in [0.4, 0.5) is 0 Å². The van der Waals surface area contributed by atoms with E-state index < -0.39 is 54.5 Å². The van der Waals surface area contributed by atoms with Crippen molar-refractivity contribution in [3.63, 3.8) is 0 Å². The number of carbonyl (C=O) groups is 4. The predicted octanol–water partition coefficient (Wildman–Crippen LogP) is 1.42. The summed E-state index contributed by atoms with van der Waals surface area (Å²) in [6.07, 6.45) is -5.47. The minimum Gasteiger partial charge on any atom is -0.463 e. The van der Waals surface area contributed by atoms with Crippen molar-refractivity contribution >= 4 is 23.9 Å². The number of esters is 4. The predicted molar refractivity (Wildman–Crippen MR) is 110 cm³/mol. The maximum absolute atomic E-state index is 11.8. The lowest BCUT2D eigenvalue weighted by Crippen LogP contribution is -2.65. The van der Waals surface area contributed by atoms with E-state index >= 15 is 0 Å². The Morgan fingerprint density at radius 3 is 1.91 bits per heavy atom. The van der Waals surface area contributed by atoms with E-state index in [1.54, 1.807) is 0 Å². The molecule has 0 saturated carbocycles. The van der Waals surface area contributed by atoms with Crippen molar-refractivity contribution < 1.29 is 42.9 Å². The van der Waals surface area contributed by atoms with Gasteiger partial charge in [-0.3, -0.25) is 24.5 Å². The van der Waals surface area contributed by atoms with Crippen LogP contribution in [0.15, 0.2) is 30.3 Å². The first-order chi connectivity index (χ1) is 15.1. The van der Waals surface area contributed by atoms with Crippen LogP contribution in [0.2, 0.25) is 0 Å². The molecule has 0 radical (unpaired) electrons. The Morgan fingerprint density at radius 2 is 1.38 bits per heavy atom. The van der Waals surface area contributed by atoms with Crippen molar-refractivity contribution in [3.05, 3.63) is 35.9 Å². The Kier molecular flexibility index (Phi) is 9.15. The average molecular weight is 451 g/mol. The van der Waals surface area contributed by atoms with Crippen LogP contribution >= 0.6 is 0 Å². The van der Waals surface area contributed by atoms with Gasteiger partial charge in [0.1, 0.15) is 12.7 Å². The van der Waals surface area contributed by atoms with E-state index in [1.165, 1.54) is 27.7 Å². The van der Waals surface area contributed by atoms with E-state index in [4.69, 9.17) is 23.7 Å². The number of nitrogens with one attached hydrogen (secondary N) is 1. The van der Waals surface area contributed by atoms with Crippen molar-refractivity contribution in [3.8, 4) is 0 Å². The fourth-order valence-electron chi connectivity index (χ4n) is 3.45. The standard InChI is InChI=1S/C22H29NO9/c1-12(17-9-7-6-8-10-17)23-22-21(31-16(5)27)20(30-15(4)26)19(29-14(3)25)18(32-22)11-28-13(2)24/h6-10,12,18-23H,11H2,1-5H3/t12-,18+,19+,20-,21+,22+/m0/s1. The van der Waals surface area contributed by atoms with Crippen molar-refractivity contribution in [2.45, 2.75) is 71.3 Å². The fourth-order valence-corrected chi connectivity index (χ4v) is 3.45. The first-order valence-electron chi connectivity index (χ1n) is 10.2. The number of ether oxygens (including phenoxy) is 5. The highest BCUT2D eigenvalue weighted by molar-refractivity contribution is 5.68.